The molecule has 0 aliphatic rings. The summed E-state index contributed by atoms with van der Waals surface area (Å²) < 4.78 is 6.29. The minimum absolute atomic E-state index is 0.0980. The van der Waals surface area contributed by atoms with Crippen molar-refractivity contribution in [1.82, 2.24) is 4.98 Å². The van der Waals surface area contributed by atoms with Crippen LogP contribution < -0.4 is 5.32 Å². The molecule has 6 heteroatoms. The van der Waals surface area contributed by atoms with E-state index in [2.05, 4.69) is 32.9 Å². The van der Waals surface area contributed by atoms with Crippen molar-refractivity contribution >= 4 is 45.5 Å². The second-order valence-corrected chi connectivity index (χ2v) is 7.23. The predicted molar refractivity (Wildman–Crippen MR) is 91.7 cm³/mol. The summed E-state index contributed by atoms with van der Waals surface area (Å²) >= 11 is 3.75. The van der Waals surface area contributed by atoms with Gasteiger partial charge in [0.2, 0.25) is 0 Å². The number of halogens is 1. The fraction of sp³-hybridized carbons (Fsp3) is 0.0667. The lowest BCUT2D eigenvalue weighted by Gasteiger charge is -2.04. The lowest BCUT2D eigenvalue weighted by atomic mass is 10.1. The average molecular weight is 410 g/mol. The lowest BCUT2D eigenvalue weighted by molar-refractivity contribution is 0.102. The third-order valence-electron chi connectivity index (χ3n) is 2.89. The van der Waals surface area contributed by atoms with Crippen molar-refractivity contribution in [3.63, 3.8) is 0 Å². The van der Waals surface area contributed by atoms with E-state index in [1.807, 2.05) is 35.7 Å². The van der Waals surface area contributed by atoms with Crippen LogP contribution in [0.3, 0.4) is 0 Å². The lowest BCUT2D eigenvalue weighted by Crippen LogP contribution is -2.10. The Labute approximate surface area is 139 Å². The maximum atomic E-state index is 12.1. The summed E-state index contributed by atoms with van der Waals surface area (Å²) in [7, 11) is 0. The molecule has 0 spiro atoms. The Morgan fingerprint density at radius 1 is 1.33 bits per heavy atom. The number of benzene rings is 1. The molecule has 1 aromatic carbocycles. The minimum atomic E-state index is -0.0980. The Hall–Kier alpha value is -1.67. The zero-order chi connectivity index (χ0) is 14.8. The Balaban J connectivity index is 1.74. The molecule has 0 unspecified atom stereocenters. The molecule has 3 rings (SSSR count). The number of nitrogens with zero attached hydrogens (tertiary/aromatic N) is 1. The van der Waals surface area contributed by atoms with Crippen molar-refractivity contribution < 1.29 is 9.21 Å². The molecule has 0 aliphatic carbocycles. The Bertz CT molecular complexity index is 777. The van der Waals surface area contributed by atoms with Crippen LogP contribution in [0.15, 0.2) is 46.4 Å². The fourth-order valence-electron chi connectivity index (χ4n) is 1.85. The van der Waals surface area contributed by atoms with Crippen LogP contribution in [0.25, 0.3) is 11.3 Å². The van der Waals surface area contributed by atoms with Crippen LogP contribution in [-0.2, 0) is 0 Å². The summed E-state index contributed by atoms with van der Waals surface area (Å²) in [6.45, 7) is 1.81. The third kappa shape index (κ3) is 3.33. The molecule has 0 atom stereocenters. The van der Waals surface area contributed by atoms with Gasteiger partial charge in [-0.05, 0) is 40.8 Å². The molecular weight excluding hydrogens is 399 g/mol. The summed E-state index contributed by atoms with van der Waals surface area (Å²) in [5.41, 5.74) is 3.18. The number of aromatic nitrogens is 1. The van der Waals surface area contributed by atoms with Crippen LogP contribution in [0.1, 0.15) is 16.2 Å². The number of rotatable bonds is 3. The molecule has 0 bridgehead atoms. The van der Waals surface area contributed by atoms with Gasteiger partial charge in [-0.2, -0.15) is 0 Å². The number of hydrogen-bond donors (Lipinski definition) is 1. The molecule has 3 aromatic rings. The zero-order valence-electron chi connectivity index (χ0n) is 11.1. The van der Waals surface area contributed by atoms with Gasteiger partial charge >= 0.3 is 0 Å². The van der Waals surface area contributed by atoms with Gasteiger partial charge in [0.1, 0.15) is 12.0 Å². The molecular formula is C15H11IN2O2S. The minimum Gasteiger partial charge on any atom is -0.449 e. The Kier molecular flexibility index (Phi) is 4.07. The second-order valence-electron chi connectivity index (χ2n) is 4.42. The Morgan fingerprint density at radius 2 is 2.10 bits per heavy atom. The normalized spacial score (nSPS) is 10.6. The molecule has 2 heterocycles. The van der Waals surface area contributed by atoms with Crippen molar-refractivity contribution in [2.75, 3.05) is 5.32 Å². The van der Waals surface area contributed by atoms with Crippen LogP contribution in [0.4, 0.5) is 5.69 Å². The fourth-order valence-corrected chi connectivity index (χ4v) is 3.18. The maximum absolute atomic E-state index is 12.1. The number of hydrogen-bond acceptors (Lipinski definition) is 4. The van der Waals surface area contributed by atoms with Crippen molar-refractivity contribution in [1.29, 1.82) is 0 Å². The third-order valence-corrected chi connectivity index (χ3v) is 4.68. The van der Waals surface area contributed by atoms with E-state index in [1.165, 1.54) is 0 Å². The largest absolute Gasteiger partial charge is 0.449 e. The first-order valence-electron chi connectivity index (χ1n) is 6.20. The van der Waals surface area contributed by atoms with E-state index in [4.69, 9.17) is 4.42 Å². The first-order valence-corrected chi connectivity index (χ1v) is 8.15. The molecule has 0 radical (unpaired) electrons. The second kappa shape index (κ2) is 5.98. The number of carbonyl (C=O) groups excluding carboxylic acids is 1. The number of carbonyl (C=O) groups is 1. The molecule has 2 aromatic heterocycles. The van der Waals surface area contributed by atoms with E-state index in [1.54, 1.807) is 24.5 Å². The summed E-state index contributed by atoms with van der Waals surface area (Å²) in [4.78, 5) is 16.3. The van der Waals surface area contributed by atoms with E-state index >= 15 is 0 Å². The zero-order valence-corrected chi connectivity index (χ0v) is 14.1. The summed E-state index contributed by atoms with van der Waals surface area (Å²) in [6, 6.07) is 9.39. The molecule has 1 N–H and O–H groups in total. The average Bonchev–Trinajstić information content (AvgIpc) is 3.08. The first-order chi connectivity index (χ1) is 10.1. The van der Waals surface area contributed by atoms with Crippen LogP contribution in [0.2, 0.25) is 0 Å². The molecule has 1 amide bonds. The van der Waals surface area contributed by atoms with Crippen molar-refractivity contribution in [3.05, 3.63) is 56.3 Å². The molecule has 0 saturated heterocycles. The summed E-state index contributed by atoms with van der Waals surface area (Å²) in [5.74, 6) is 0.536. The SMILES string of the molecule is Cc1nc(-c2ccc(NC(=O)c3csc(I)c3)cc2)co1. The van der Waals surface area contributed by atoms with Gasteiger partial charge in [-0.1, -0.05) is 12.1 Å². The monoisotopic (exact) mass is 410 g/mol. The smallest absolute Gasteiger partial charge is 0.256 e. The Morgan fingerprint density at radius 3 is 2.67 bits per heavy atom. The highest BCUT2D eigenvalue weighted by atomic mass is 127. The predicted octanol–water partition coefficient (Wildman–Crippen LogP) is 4.57. The summed E-state index contributed by atoms with van der Waals surface area (Å²) in [6.07, 6.45) is 1.62. The van der Waals surface area contributed by atoms with E-state index in [0.717, 1.165) is 19.8 Å². The van der Waals surface area contributed by atoms with Gasteiger partial charge < -0.3 is 9.73 Å². The maximum Gasteiger partial charge on any atom is 0.256 e. The van der Waals surface area contributed by atoms with Crippen molar-refractivity contribution in [2.24, 2.45) is 0 Å². The van der Waals surface area contributed by atoms with Crippen molar-refractivity contribution in [2.45, 2.75) is 6.92 Å². The standard InChI is InChI=1S/C15H11IN2O2S/c1-9-17-13(7-20-9)10-2-4-12(5-3-10)18-15(19)11-6-14(16)21-8-11/h2-8H,1H3,(H,18,19). The van der Waals surface area contributed by atoms with E-state index in [0.29, 0.717) is 11.5 Å². The number of anilines is 1. The number of aryl methyl sites for hydroxylation is 1. The number of amides is 1. The first kappa shape index (κ1) is 14.3. The van der Waals surface area contributed by atoms with Gasteiger partial charge in [0.15, 0.2) is 5.89 Å². The number of oxazole rings is 1. The van der Waals surface area contributed by atoms with Gasteiger partial charge in [0.05, 0.1) is 8.45 Å². The van der Waals surface area contributed by atoms with Crippen LogP contribution >= 0.6 is 33.9 Å². The molecule has 21 heavy (non-hydrogen) atoms. The quantitative estimate of drug-likeness (QED) is 0.644. The number of thiophene rings is 1. The van der Waals surface area contributed by atoms with Crippen LogP contribution in [0.5, 0.6) is 0 Å². The molecule has 0 aliphatic heterocycles. The van der Waals surface area contributed by atoms with Crippen LogP contribution in [0, 0.1) is 9.81 Å². The highest BCUT2D eigenvalue weighted by Gasteiger charge is 2.09. The number of nitrogens with one attached hydrogen (secondary N) is 1. The van der Waals surface area contributed by atoms with Gasteiger partial charge in [0.25, 0.3) is 5.91 Å². The molecule has 106 valence electrons. The van der Waals surface area contributed by atoms with Gasteiger partial charge in [-0.25, -0.2) is 4.98 Å². The van der Waals surface area contributed by atoms with E-state index in [-0.39, 0.29) is 5.91 Å². The topological polar surface area (TPSA) is 55.1 Å². The van der Waals surface area contributed by atoms with Gasteiger partial charge in [-0.3, -0.25) is 4.79 Å². The van der Waals surface area contributed by atoms with Gasteiger partial charge in [-0.15, -0.1) is 11.3 Å². The van der Waals surface area contributed by atoms with Crippen LogP contribution in [-0.4, -0.2) is 10.9 Å². The van der Waals surface area contributed by atoms with E-state index in [9.17, 15) is 4.79 Å². The molecule has 0 saturated carbocycles. The van der Waals surface area contributed by atoms with Gasteiger partial charge in [0, 0.05) is 23.6 Å². The highest BCUT2D eigenvalue weighted by Crippen LogP contribution is 2.22. The summed E-state index contributed by atoms with van der Waals surface area (Å²) in [5, 5.41) is 4.73. The van der Waals surface area contributed by atoms with Crippen molar-refractivity contribution in [3.8, 4) is 11.3 Å². The molecule has 4 nitrogen and oxygen atoms in total. The highest BCUT2D eigenvalue weighted by molar-refractivity contribution is 14.1. The van der Waals surface area contributed by atoms with E-state index < -0.39 is 0 Å². The molecule has 0 fully saturated rings.